The molecule has 3 aromatic heterocycles. The van der Waals surface area contributed by atoms with Crippen molar-refractivity contribution >= 4 is 5.91 Å². The molecule has 3 aromatic rings. The number of carbonyl (C=O) groups is 1. The Balaban J connectivity index is 1.71. The van der Waals surface area contributed by atoms with Crippen LogP contribution in [0.15, 0.2) is 49.1 Å². The van der Waals surface area contributed by atoms with Gasteiger partial charge in [-0.25, -0.2) is 18.7 Å². The summed E-state index contributed by atoms with van der Waals surface area (Å²) in [7, 11) is 0. The van der Waals surface area contributed by atoms with Crippen LogP contribution in [0.25, 0.3) is 5.82 Å². The number of nitrogens with zero attached hydrogens (tertiary/aromatic N) is 6. The van der Waals surface area contributed by atoms with Gasteiger partial charge in [0.05, 0.1) is 24.0 Å². The van der Waals surface area contributed by atoms with E-state index in [1.165, 1.54) is 29.3 Å². The Labute approximate surface area is 172 Å². The first-order valence-corrected chi connectivity index (χ1v) is 9.41. The molecule has 0 aliphatic rings. The van der Waals surface area contributed by atoms with Gasteiger partial charge in [0.15, 0.2) is 5.82 Å². The van der Waals surface area contributed by atoms with E-state index in [4.69, 9.17) is 4.74 Å². The Hall–Kier alpha value is -3.43. The molecule has 0 radical (unpaired) electrons. The van der Waals surface area contributed by atoms with Gasteiger partial charge in [0.2, 0.25) is 5.88 Å². The van der Waals surface area contributed by atoms with Gasteiger partial charge in [-0.1, -0.05) is 0 Å². The van der Waals surface area contributed by atoms with Crippen molar-refractivity contribution in [3.63, 3.8) is 0 Å². The number of halogens is 2. The molecule has 0 fully saturated rings. The minimum Gasteiger partial charge on any atom is -0.475 e. The van der Waals surface area contributed by atoms with Gasteiger partial charge in [-0.05, 0) is 32.0 Å². The molecule has 1 atom stereocenters. The lowest BCUT2D eigenvalue weighted by Crippen LogP contribution is -2.42. The highest BCUT2D eigenvalue weighted by molar-refractivity contribution is 5.97. The van der Waals surface area contributed by atoms with Crippen LogP contribution in [0.3, 0.4) is 0 Å². The van der Waals surface area contributed by atoms with E-state index in [1.807, 2.05) is 13.8 Å². The highest BCUT2D eigenvalue weighted by Gasteiger charge is 2.26. The van der Waals surface area contributed by atoms with Crippen LogP contribution in [-0.2, 0) is 5.92 Å². The maximum absolute atomic E-state index is 13.3. The van der Waals surface area contributed by atoms with Crippen LogP contribution in [0.2, 0.25) is 0 Å². The number of pyridine rings is 2. The smallest absolute Gasteiger partial charge is 0.272 e. The van der Waals surface area contributed by atoms with E-state index in [-0.39, 0.29) is 30.0 Å². The van der Waals surface area contributed by atoms with E-state index < -0.39 is 5.92 Å². The van der Waals surface area contributed by atoms with Crippen LogP contribution >= 0.6 is 0 Å². The molecule has 0 bridgehead atoms. The number of hydrogen-bond donors (Lipinski definition) is 0. The molecule has 0 aromatic carbocycles. The molecule has 3 rings (SSSR count). The molecule has 0 N–H and O–H groups in total. The van der Waals surface area contributed by atoms with Crippen LogP contribution in [0.1, 0.15) is 36.7 Å². The molecule has 8 nitrogen and oxygen atoms in total. The predicted octanol–water partition coefficient (Wildman–Crippen LogP) is 3.10. The normalized spacial score (nSPS) is 12.4. The van der Waals surface area contributed by atoms with E-state index in [1.54, 1.807) is 23.2 Å². The summed E-state index contributed by atoms with van der Waals surface area (Å²) in [5.41, 5.74) is 0.166. The summed E-state index contributed by atoms with van der Waals surface area (Å²) >= 11 is 0. The summed E-state index contributed by atoms with van der Waals surface area (Å²) in [6.45, 7) is 5.07. The number of aromatic nitrogens is 5. The molecule has 1 amide bonds. The molecule has 0 spiro atoms. The fourth-order valence-corrected chi connectivity index (χ4v) is 2.88. The van der Waals surface area contributed by atoms with Crippen molar-refractivity contribution in [1.29, 1.82) is 0 Å². The van der Waals surface area contributed by atoms with Crippen molar-refractivity contribution < 1.29 is 18.3 Å². The third-order valence-electron chi connectivity index (χ3n) is 4.47. The highest BCUT2D eigenvalue weighted by Crippen LogP contribution is 2.27. The zero-order valence-electron chi connectivity index (χ0n) is 16.9. The number of ether oxygens (including phenoxy) is 1. The van der Waals surface area contributed by atoms with Gasteiger partial charge < -0.3 is 9.64 Å². The summed E-state index contributed by atoms with van der Waals surface area (Å²) in [6.07, 6.45) is 5.66. The Bertz CT molecular complexity index is 974. The topological polar surface area (TPSA) is 86.0 Å². The van der Waals surface area contributed by atoms with Crippen molar-refractivity contribution in [2.24, 2.45) is 0 Å². The van der Waals surface area contributed by atoms with E-state index in [0.717, 1.165) is 13.1 Å². The average molecular weight is 416 g/mol. The van der Waals surface area contributed by atoms with Crippen molar-refractivity contribution in [2.75, 3.05) is 13.2 Å². The van der Waals surface area contributed by atoms with E-state index in [0.29, 0.717) is 17.9 Å². The van der Waals surface area contributed by atoms with Crippen LogP contribution in [-0.4, -0.2) is 55.0 Å². The summed E-state index contributed by atoms with van der Waals surface area (Å²) in [4.78, 5) is 24.2. The predicted molar refractivity (Wildman–Crippen MR) is 105 cm³/mol. The molecule has 0 saturated carbocycles. The molecule has 0 aliphatic heterocycles. The summed E-state index contributed by atoms with van der Waals surface area (Å²) in [6, 6.07) is 5.68. The zero-order valence-corrected chi connectivity index (χ0v) is 16.9. The molecule has 3 heterocycles. The van der Waals surface area contributed by atoms with Crippen molar-refractivity contribution in [2.45, 2.75) is 32.7 Å². The number of likely N-dealkylation sites (N-methyl/N-ethyl adjacent to an activating group) is 1. The SMILES string of the molecule is CCN(C(=O)c1cccnc1-n1nccn1)[C@@H](C)COc1ccc(C(C)(F)F)cn1. The lowest BCUT2D eigenvalue weighted by atomic mass is 10.2. The zero-order chi connectivity index (χ0) is 21.7. The van der Waals surface area contributed by atoms with Crippen molar-refractivity contribution in [3.05, 3.63) is 60.2 Å². The second kappa shape index (κ2) is 8.93. The number of alkyl halides is 2. The quantitative estimate of drug-likeness (QED) is 0.561. The largest absolute Gasteiger partial charge is 0.475 e. The van der Waals surface area contributed by atoms with Crippen LogP contribution in [0.5, 0.6) is 5.88 Å². The minimum atomic E-state index is -2.96. The fourth-order valence-electron chi connectivity index (χ4n) is 2.88. The number of amides is 1. The summed E-state index contributed by atoms with van der Waals surface area (Å²) in [5.74, 6) is -2.67. The van der Waals surface area contributed by atoms with Gasteiger partial charge in [-0.3, -0.25) is 4.79 Å². The van der Waals surface area contributed by atoms with Crippen LogP contribution in [0, 0.1) is 0 Å². The summed E-state index contributed by atoms with van der Waals surface area (Å²) in [5, 5.41) is 8.09. The standard InChI is InChI=1S/C20H22F2N6O2/c1-4-27(14(2)13-30-17-8-7-15(12-24-17)20(3,21)22)19(29)16-6-5-9-23-18(16)28-25-10-11-26-28/h5-12,14H,4,13H2,1-3H3/t14-/m0/s1. The monoisotopic (exact) mass is 416 g/mol. The second-order valence-corrected chi connectivity index (χ2v) is 6.72. The molecule has 30 heavy (non-hydrogen) atoms. The third-order valence-corrected chi connectivity index (χ3v) is 4.47. The average Bonchev–Trinajstić information content (AvgIpc) is 3.27. The summed E-state index contributed by atoms with van der Waals surface area (Å²) < 4.78 is 32.2. The lowest BCUT2D eigenvalue weighted by Gasteiger charge is -2.28. The van der Waals surface area contributed by atoms with E-state index in [2.05, 4.69) is 20.2 Å². The maximum atomic E-state index is 13.3. The van der Waals surface area contributed by atoms with Gasteiger partial charge >= 0.3 is 0 Å². The minimum absolute atomic E-state index is 0.143. The number of carbonyl (C=O) groups excluding carboxylic acids is 1. The molecule has 158 valence electrons. The van der Waals surface area contributed by atoms with Crippen molar-refractivity contribution in [1.82, 2.24) is 29.9 Å². The molecule has 0 aliphatic carbocycles. The molecular formula is C20H22F2N6O2. The third kappa shape index (κ3) is 4.76. The Morgan fingerprint density at radius 1 is 1.20 bits per heavy atom. The van der Waals surface area contributed by atoms with E-state index >= 15 is 0 Å². The fraction of sp³-hybridized carbons (Fsp3) is 0.350. The highest BCUT2D eigenvalue weighted by atomic mass is 19.3. The van der Waals surface area contributed by atoms with Gasteiger partial charge in [0, 0.05) is 37.5 Å². The Morgan fingerprint density at radius 2 is 1.93 bits per heavy atom. The first-order valence-electron chi connectivity index (χ1n) is 9.41. The number of rotatable bonds is 8. The molecule has 0 saturated heterocycles. The van der Waals surface area contributed by atoms with Gasteiger partial charge in [-0.2, -0.15) is 10.2 Å². The van der Waals surface area contributed by atoms with Crippen LogP contribution in [0.4, 0.5) is 8.78 Å². The van der Waals surface area contributed by atoms with E-state index in [9.17, 15) is 13.6 Å². The maximum Gasteiger partial charge on any atom is 0.272 e. The van der Waals surface area contributed by atoms with Gasteiger partial charge in [-0.15, -0.1) is 4.80 Å². The molecular weight excluding hydrogens is 394 g/mol. The Morgan fingerprint density at radius 3 is 2.53 bits per heavy atom. The van der Waals surface area contributed by atoms with Crippen LogP contribution < -0.4 is 4.74 Å². The number of hydrogen-bond acceptors (Lipinski definition) is 6. The Kier molecular flexibility index (Phi) is 6.34. The molecule has 10 heteroatoms. The molecule has 0 unspecified atom stereocenters. The van der Waals surface area contributed by atoms with Gasteiger partial charge in [0.1, 0.15) is 6.61 Å². The first-order chi connectivity index (χ1) is 14.3. The lowest BCUT2D eigenvalue weighted by molar-refractivity contribution is 0.0169. The first kappa shape index (κ1) is 21.3. The second-order valence-electron chi connectivity index (χ2n) is 6.72. The van der Waals surface area contributed by atoms with Crippen molar-refractivity contribution in [3.8, 4) is 11.7 Å². The van der Waals surface area contributed by atoms with Gasteiger partial charge in [0.25, 0.3) is 11.8 Å².